The van der Waals surface area contributed by atoms with Crippen molar-refractivity contribution in [3.8, 4) is 0 Å². The second-order valence-corrected chi connectivity index (χ2v) is 6.50. The van der Waals surface area contributed by atoms with Crippen molar-refractivity contribution in [3.05, 3.63) is 71.5 Å². The number of carbonyl (C=O) groups is 1. The van der Waals surface area contributed by atoms with Gasteiger partial charge in [0.2, 0.25) is 5.91 Å². The third kappa shape index (κ3) is 7.84. The van der Waals surface area contributed by atoms with E-state index in [9.17, 15) is 9.18 Å². The Morgan fingerprint density at radius 2 is 1.75 bits per heavy atom. The minimum Gasteiger partial charge on any atom is -0.356 e. The zero-order chi connectivity index (χ0) is 19.6. The lowest BCUT2D eigenvalue weighted by Gasteiger charge is -2.19. The Labute approximate surface area is 183 Å². The van der Waals surface area contributed by atoms with Crippen LogP contribution in [0, 0.1) is 5.82 Å². The molecule has 0 aromatic heterocycles. The van der Waals surface area contributed by atoms with Crippen molar-refractivity contribution < 1.29 is 9.18 Å². The average Bonchev–Trinajstić information content (AvgIpc) is 2.67. The van der Waals surface area contributed by atoms with E-state index in [1.807, 2.05) is 43.3 Å². The van der Waals surface area contributed by atoms with Crippen LogP contribution >= 0.6 is 24.0 Å². The molecule has 152 valence electrons. The first-order chi connectivity index (χ1) is 13.0. The SMILES string of the molecule is CC(NC(=NCC(=O)N(C)C)NCCc1ccccc1F)c1ccccc1.I. The minimum absolute atomic E-state index is 0. The number of benzene rings is 2. The molecule has 0 bridgehead atoms. The van der Waals surface area contributed by atoms with Gasteiger partial charge in [0.25, 0.3) is 0 Å². The van der Waals surface area contributed by atoms with Crippen molar-refractivity contribution in [1.29, 1.82) is 0 Å². The van der Waals surface area contributed by atoms with E-state index in [-0.39, 0.29) is 48.3 Å². The fourth-order valence-electron chi connectivity index (χ4n) is 2.49. The Hall–Kier alpha value is -2.16. The van der Waals surface area contributed by atoms with Crippen LogP contribution in [0.15, 0.2) is 59.6 Å². The topological polar surface area (TPSA) is 56.7 Å². The summed E-state index contributed by atoms with van der Waals surface area (Å²) in [5, 5.41) is 6.49. The lowest BCUT2D eigenvalue weighted by Crippen LogP contribution is -2.40. The van der Waals surface area contributed by atoms with E-state index < -0.39 is 0 Å². The van der Waals surface area contributed by atoms with Gasteiger partial charge in [0.15, 0.2) is 5.96 Å². The number of guanidine groups is 1. The fraction of sp³-hybridized carbons (Fsp3) is 0.333. The fourth-order valence-corrected chi connectivity index (χ4v) is 2.49. The van der Waals surface area contributed by atoms with Gasteiger partial charge in [-0.25, -0.2) is 9.38 Å². The van der Waals surface area contributed by atoms with Crippen molar-refractivity contribution in [2.75, 3.05) is 27.2 Å². The minimum atomic E-state index is -0.216. The highest BCUT2D eigenvalue weighted by atomic mass is 127. The molecule has 7 heteroatoms. The highest BCUT2D eigenvalue weighted by Crippen LogP contribution is 2.11. The first-order valence-electron chi connectivity index (χ1n) is 9.00. The summed E-state index contributed by atoms with van der Waals surface area (Å²) in [7, 11) is 3.40. The number of rotatable bonds is 7. The molecule has 0 spiro atoms. The number of hydrogen-bond donors (Lipinski definition) is 2. The Kier molecular flexibility index (Phi) is 10.5. The number of amides is 1. The van der Waals surface area contributed by atoms with Gasteiger partial charge in [0.05, 0.1) is 6.04 Å². The molecule has 0 radical (unpaired) electrons. The van der Waals surface area contributed by atoms with Crippen LogP contribution in [0.25, 0.3) is 0 Å². The molecule has 1 amide bonds. The van der Waals surface area contributed by atoms with Gasteiger partial charge in [0, 0.05) is 20.6 Å². The molecule has 0 aliphatic carbocycles. The predicted molar refractivity (Wildman–Crippen MR) is 123 cm³/mol. The highest BCUT2D eigenvalue weighted by molar-refractivity contribution is 14.0. The highest BCUT2D eigenvalue weighted by Gasteiger charge is 2.10. The standard InChI is InChI=1S/C21H27FN4O.HI/c1-16(17-9-5-4-6-10-17)25-21(24-15-20(27)26(2)3)23-14-13-18-11-7-8-12-19(18)22;/h4-12,16H,13-15H2,1-3H3,(H2,23,24,25);1H. The first-order valence-corrected chi connectivity index (χ1v) is 9.00. The summed E-state index contributed by atoms with van der Waals surface area (Å²) < 4.78 is 13.8. The summed E-state index contributed by atoms with van der Waals surface area (Å²) in [6, 6.07) is 16.7. The monoisotopic (exact) mass is 498 g/mol. The molecule has 1 unspecified atom stereocenters. The number of likely N-dealkylation sites (N-methyl/N-ethyl adjacent to an activating group) is 1. The van der Waals surface area contributed by atoms with Crippen LogP contribution in [-0.4, -0.2) is 44.0 Å². The van der Waals surface area contributed by atoms with Crippen LogP contribution in [-0.2, 0) is 11.2 Å². The first kappa shape index (κ1) is 23.9. The normalized spacial score (nSPS) is 11.9. The van der Waals surface area contributed by atoms with Crippen molar-refractivity contribution in [2.24, 2.45) is 4.99 Å². The Bertz CT molecular complexity index is 768. The molecular formula is C21H28FIN4O. The molecule has 28 heavy (non-hydrogen) atoms. The predicted octanol–water partition coefficient (Wildman–Crippen LogP) is 3.37. The average molecular weight is 498 g/mol. The number of hydrogen-bond acceptors (Lipinski definition) is 2. The van der Waals surface area contributed by atoms with Gasteiger partial charge in [0.1, 0.15) is 12.4 Å². The van der Waals surface area contributed by atoms with E-state index in [1.165, 1.54) is 11.0 Å². The van der Waals surface area contributed by atoms with E-state index >= 15 is 0 Å². The Morgan fingerprint density at radius 3 is 2.39 bits per heavy atom. The molecule has 0 saturated carbocycles. The molecular weight excluding hydrogens is 470 g/mol. The lowest BCUT2D eigenvalue weighted by molar-refractivity contribution is -0.127. The van der Waals surface area contributed by atoms with Crippen molar-refractivity contribution in [2.45, 2.75) is 19.4 Å². The maximum absolute atomic E-state index is 13.8. The Morgan fingerprint density at radius 1 is 1.11 bits per heavy atom. The lowest BCUT2D eigenvalue weighted by atomic mass is 10.1. The van der Waals surface area contributed by atoms with Gasteiger partial charge in [-0.15, -0.1) is 24.0 Å². The van der Waals surface area contributed by atoms with Crippen molar-refractivity contribution in [1.82, 2.24) is 15.5 Å². The Balaban J connectivity index is 0.00000392. The second-order valence-electron chi connectivity index (χ2n) is 6.50. The van der Waals surface area contributed by atoms with Crippen LogP contribution in [0.3, 0.4) is 0 Å². The van der Waals surface area contributed by atoms with Crippen LogP contribution in [0.2, 0.25) is 0 Å². The van der Waals surface area contributed by atoms with Gasteiger partial charge in [-0.2, -0.15) is 0 Å². The maximum atomic E-state index is 13.8. The molecule has 0 aliphatic heterocycles. The molecule has 2 N–H and O–H groups in total. The molecule has 5 nitrogen and oxygen atoms in total. The van der Waals surface area contributed by atoms with E-state index in [4.69, 9.17) is 0 Å². The van der Waals surface area contributed by atoms with Crippen LogP contribution in [0.4, 0.5) is 4.39 Å². The number of halogens is 2. The number of aliphatic imine (C=N–C) groups is 1. The maximum Gasteiger partial charge on any atom is 0.243 e. The quantitative estimate of drug-likeness (QED) is 0.350. The van der Waals surface area contributed by atoms with Crippen molar-refractivity contribution >= 4 is 35.8 Å². The summed E-state index contributed by atoms with van der Waals surface area (Å²) in [4.78, 5) is 17.7. The van der Waals surface area contributed by atoms with Crippen LogP contribution in [0.1, 0.15) is 24.1 Å². The zero-order valence-corrected chi connectivity index (χ0v) is 18.8. The smallest absolute Gasteiger partial charge is 0.243 e. The molecule has 2 rings (SSSR count). The molecule has 1 atom stereocenters. The number of nitrogens with one attached hydrogen (secondary N) is 2. The summed E-state index contributed by atoms with van der Waals surface area (Å²) in [6.07, 6.45) is 0.523. The van der Waals surface area contributed by atoms with Gasteiger partial charge in [-0.3, -0.25) is 4.79 Å². The molecule has 0 saturated heterocycles. The summed E-state index contributed by atoms with van der Waals surface area (Å²) in [5.74, 6) is 0.224. The molecule has 2 aromatic carbocycles. The molecule has 2 aromatic rings. The van der Waals surface area contributed by atoms with E-state index in [1.54, 1.807) is 26.2 Å². The summed E-state index contributed by atoms with van der Waals surface area (Å²) in [5.41, 5.74) is 1.75. The van der Waals surface area contributed by atoms with E-state index in [2.05, 4.69) is 15.6 Å². The van der Waals surface area contributed by atoms with E-state index in [0.29, 0.717) is 24.5 Å². The van der Waals surface area contributed by atoms with Gasteiger partial charge < -0.3 is 15.5 Å². The summed E-state index contributed by atoms with van der Waals surface area (Å²) in [6.45, 7) is 2.57. The molecule has 0 fully saturated rings. The van der Waals surface area contributed by atoms with Gasteiger partial charge >= 0.3 is 0 Å². The molecule has 0 heterocycles. The second kappa shape index (κ2) is 12.3. The van der Waals surface area contributed by atoms with E-state index in [0.717, 1.165) is 5.56 Å². The largest absolute Gasteiger partial charge is 0.356 e. The van der Waals surface area contributed by atoms with Gasteiger partial charge in [-0.05, 0) is 30.5 Å². The van der Waals surface area contributed by atoms with Gasteiger partial charge in [-0.1, -0.05) is 48.5 Å². The third-order valence-corrected chi connectivity index (χ3v) is 4.17. The van der Waals surface area contributed by atoms with Crippen LogP contribution < -0.4 is 10.6 Å². The number of carbonyl (C=O) groups excluding carboxylic acids is 1. The van der Waals surface area contributed by atoms with Crippen molar-refractivity contribution in [3.63, 3.8) is 0 Å². The summed E-state index contributed by atoms with van der Waals surface area (Å²) >= 11 is 0. The van der Waals surface area contributed by atoms with Crippen LogP contribution in [0.5, 0.6) is 0 Å². The third-order valence-electron chi connectivity index (χ3n) is 4.17. The molecule has 0 aliphatic rings. The number of nitrogens with zero attached hydrogens (tertiary/aromatic N) is 2. The zero-order valence-electron chi connectivity index (χ0n) is 16.5.